The maximum atomic E-state index is 12.1. The highest BCUT2D eigenvalue weighted by atomic mass is 16.6. The van der Waals surface area contributed by atoms with Gasteiger partial charge in [0.1, 0.15) is 5.60 Å². The third-order valence-electron chi connectivity index (χ3n) is 4.06. The molecule has 5 nitrogen and oxygen atoms in total. The lowest BCUT2D eigenvalue weighted by Gasteiger charge is -2.34. The Morgan fingerprint density at radius 1 is 1.22 bits per heavy atom. The summed E-state index contributed by atoms with van der Waals surface area (Å²) in [6, 6.07) is 5.84. The molecule has 0 radical (unpaired) electrons. The van der Waals surface area contributed by atoms with Gasteiger partial charge in [-0.3, -0.25) is 4.79 Å². The molecule has 1 aliphatic rings. The van der Waals surface area contributed by atoms with Crippen molar-refractivity contribution in [1.29, 1.82) is 0 Å². The number of carbonyl (C=O) groups is 2. The summed E-state index contributed by atoms with van der Waals surface area (Å²) in [4.78, 5) is 25.5. The molecular formula is C18H26N2O3. The van der Waals surface area contributed by atoms with E-state index in [4.69, 9.17) is 10.5 Å². The van der Waals surface area contributed by atoms with Crippen molar-refractivity contribution < 1.29 is 14.3 Å². The quantitative estimate of drug-likeness (QED) is 0.910. The molecule has 0 bridgehead atoms. The summed E-state index contributed by atoms with van der Waals surface area (Å²) in [5.41, 5.74) is 7.64. The van der Waals surface area contributed by atoms with Gasteiger partial charge in [0.05, 0.1) is 0 Å². The molecule has 1 aromatic rings. The molecule has 0 aliphatic carbocycles. The zero-order valence-electron chi connectivity index (χ0n) is 14.4. The molecule has 2 N–H and O–H groups in total. The van der Waals surface area contributed by atoms with Crippen LogP contribution in [-0.4, -0.2) is 35.6 Å². The molecule has 1 aromatic carbocycles. The number of likely N-dealkylation sites (tertiary alicyclic amines) is 1. The molecule has 0 aromatic heterocycles. The number of nitrogens with zero attached hydrogens (tertiary/aromatic N) is 1. The largest absolute Gasteiger partial charge is 0.444 e. The zero-order chi connectivity index (χ0) is 17.2. The number of aryl methyl sites for hydroxylation is 1. The van der Waals surface area contributed by atoms with E-state index in [1.165, 1.54) is 0 Å². The van der Waals surface area contributed by atoms with Crippen LogP contribution in [-0.2, 0) is 4.74 Å². The highest BCUT2D eigenvalue weighted by Crippen LogP contribution is 2.31. The van der Waals surface area contributed by atoms with Gasteiger partial charge in [-0.1, -0.05) is 17.7 Å². The summed E-state index contributed by atoms with van der Waals surface area (Å²) >= 11 is 0. The minimum atomic E-state index is -0.482. The van der Waals surface area contributed by atoms with Gasteiger partial charge in [0, 0.05) is 18.7 Å². The second kappa shape index (κ2) is 6.60. The molecule has 0 spiro atoms. The first-order chi connectivity index (χ1) is 10.7. The number of carbonyl (C=O) groups excluding carboxylic acids is 2. The Bertz CT molecular complexity index is 597. The van der Waals surface area contributed by atoms with Crippen LogP contribution in [0, 0.1) is 6.92 Å². The van der Waals surface area contributed by atoms with Gasteiger partial charge >= 0.3 is 6.09 Å². The topological polar surface area (TPSA) is 72.6 Å². The van der Waals surface area contributed by atoms with Crippen molar-refractivity contribution >= 4 is 12.0 Å². The Morgan fingerprint density at radius 3 is 2.35 bits per heavy atom. The van der Waals surface area contributed by atoms with E-state index >= 15 is 0 Å². The predicted molar refractivity (Wildman–Crippen MR) is 89.5 cm³/mol. The number of amides is 2. The van der Waals surface area contributed by atoms with Gasteiger partial charge in [-0.25, -0.2) is 4.79 Å². The lowest BCUT2D eigenvalue weighted by atomic mass is 9.85. The van der Waals surface area contributed by atoms with E-state index in [2.05, 4.69) is 0 Å². The molecular weight excluding hydrogens is 292 g/mol. The third-order valence-corrected chi connectivity index (χ3v) is 4.06. The Kier molecular flexibility index (Phi) is 4.97. The summed E-state index contributed by atoms with van der Waals surface area (Å²) in [6.07, 6.45) is 1.35. The molecule has 1 aliphatic heterocycles. The van der Waals surface area contributed by atoms with Crippen LogP contribution in [0.15, 0.2) is 18.2 Å². The fraction of sp³-hybridized carbons (Fsp3) is 0.556. The highest BCUT2D eigenvalue weighted by Gasteiger charge is 2.28. The third kappa shape index (κ3) is 4.47. The van der Waals surface area contributed by atoms with Crippen LogP contribution < -0.4 is 5.73 Å². The number of primary amides is 1. The van der Waals surface area contributed by atoms with E-state index in [-0.39, 0.29) is 12.0 Å². The molecule has 5 heteroatoms. The maximum absolute atomic E-state index is 12.1. The van der Waals surface area contributed by atoms with Gasteiger partial charge in [-0.15, -0.1) is 0 Å². The Balaban J connectivity index is 2.05. The molecule has 23 heavy (non-hydrogen) atoms. The first-order valence-electron chi connectivity index (χ1n) is 8.05. The standard InChI is InChI=1S/C18H26N2O3/c1-12-5-6-14(15(11-12)16(19)21)13-7-9-20(10-8-13)17(22)23-18(2,3)4/h5-6,11,13H,7-10H2,1-4H3,(H2,19,21). The minimum absolute atomic E-state index is 0.247. The van der Waals surface area contributed by atoms with Crippen molar-refractivity contribution in [1.82, 2.24) is 4.90 Å². The van der Waals surface area contributed by atoms with Crippen LogP contribution >= 0.6 is 0 Å². The van der Waals surface area contributed by atoms with Crippen LogP contribution in [0.5, 0.6) is 0 Å². The van der Waals surface area contributed by atoms with Gasteiger partial charge < -0.3 is 15.4 Å². The van der Waals surface area contributed by atoms with E-state index in [0.717, 1.165) is 24.0 Å². The smallest absolute Gasteiger partial charge is 0.410 e. The number of rotatable bonds is 2. The summed E-state index contributed by atoms with van der Waals surface area (Å²) in [6.45, 7) is 8.80. The number of ether oxygens (including phenoxy) is 1. The van der Waals surface area contributed by atoms with E-state index in [9.17, 15) is 9.59 Å². The normalized spacial score (nSPS) is 16.3. The SMILES string of the molecule is Cc1ccc(C2CCN(C(=O)OC(C)(C)C)CC2)c(C(N)=O)c1. The van der Waals surface area contributed by atoms with Gasteiger partial charge in [0.15, 0.2) is 0 Å². The molecule has 0 saturated carbocycles. The fourth-order valence-electron chi connectivity index (χ4n) is 2.94. The molecule has 2 amide bonds. The second-order valence-corrected chi connectivity index (χ2v) is 7.20. The van der Waals surface area contributed by atoms with Gasteiger partial charge in [0.2, 0.25) is 5.91 Å². The molecule has 0 atom stereocenters. The Morgan fingerprint density at radius 2 is 1.83 bits per heavy atom. The Hall–Kier alpha value is -2.04. The highest BCUT2D eigenvalue weighted by molar-refractivity contribution is 5.94. The number of hydrogen-bond acceptors (Lipinski definition) is 3. The van der Waals surface area contributed by atoms with Crippen LogP contribution in [0.25, 0.3) is 0 Å². The Labute approximate surface area is 137 Å². The van der Waals surface area contributed by atoms with E-state index in [0.29, 0.717) is 18.7 Å². The average molecular weight is 318 g/mol. The number of nitrogens with two attached hydrogens (primary N) is 1. The van der Waals surface area contributed by atoms with Crippen LogP contribution in [0.2, 0.25) is 0 Å². The van der Waals surface area contributed by atoms with Crippen molar-refractivity contribution in [2.24, 2.45) is 5.73 Å². The van der Waals surface area contributed by atoms with Crippen LogP contribution in [0.1, 0.15) is 61.0 Å². The minimum Gasteiger partial charge on any atom is -0.444 e. The molecule has 1 fully saturated rings. The van der Waals surface area contributed by atoms with Gasteiger partial charge in [-0.2, -0.15) is 0 Å². The van der Waals surface area contributed by atoms with E-state index in [1.54, 1.807) is 4.90 Å². The number of piperidine rings is 1. The predicted octanol–water partition coefficient (Wildman–Crippen LogP) is 3.21. The first kappa shape index (κ1) is 17.3. The van der Waals surface area contributed by atoms with Crippen molar-refractivity contribution in [3.63, 3.8) is 0 Å². The van der Waals surface area contributed by atoms with Crippen LogP contribution in [0.4, 0.5) is 4.79 Å². The van der Waals surface area contributed by atoms with Crippen molar-refractivity contribution in [3.8, 4) is 0 Å². The average Bonchev–Trinajstić information content (AvgIpc) is 2.45. The molecule has 0 unspecified atom stereocenters. The van der Waals surface area contributed by atoms with Crippen LogP contribution in [0.3, 0.4) is 0 Å². The summed E-state index contributed by atoms with van der Waals surface area (Å²) in [5.74, 6) is -0.143. The first-order valence-corrected chi connectivity index (χ1v) is 8.05. The number of hydrogen-bond donors (Lipinski definition) is 1. The van der Waals surface area contributed by atoms with E-state index in [1.807, 2.05) is 45.9 Å². The van der Waals surface area contributed by atoms with Crippen molar-refractivity contribution in [2.75, 3.05) is 13.1 Å². The van der Waals surface area contributed by atoms with Gasteiger partial charge in [-0.05, 0) is 58.1 Å². The molecule has 126 valence electrons. The fourth-order valence-corrected chi connectivity index (χ4v) is 2.94. The lowest BCUT2D eigenvalue weighted by molar-refractivity contribution is 0.0204. The second-order valence-electron chi connectivity index (χ2n) is 7.20. The van der Waals surface area contributed by atoms with E-state index < -0.39 is 11.5 Å². The van der Waals surface area contributed by atoms with Crippen molar-refractivity contribution in [2.45, 2.75) is 52.1 Å². The summed E-state index contributed by atoms with van der Waals surface area (Å²) < 4.78 is 5.41. The monoisotopic (exact) mass is 318 g/mol. The lowest BCUT2D eigenvalue weighted by Crippen LogP contribution is -2.41. The molecule has 1 saturated heterocycles. The maximum Gasteiger partial charge on any atom is 0.410 e. The summed E-state index contributed by atoms with van der Waals surface area (Å²) in [5, 5.41) is 0. The van der Waals surface area contributed by atoms with Gasteiger partial charge in [0.25, 0.3) is 0 Å². The molecule has 2 rings (SSSR count). The zero-order valence-corrected chi connectivity index (χ0v) is 14.4. The number of benzene rings is 1. The summed E-state index contributed by atoms with van der Waals surface area (Å²) in [7, 11) is 0. The van der Waals surface area contributed by atoms with Crippen molar-refractivity contribution in [3.05, 3.63) is 34.9 Å². The molecule has 1 heterocycles.